The highest BCUT2D eigenvalue weighted by molar-refractivity contribution is 9.10. The first-order valence-corrected chi connectivity index (χ1v) is 7.18. The lowest BCUT2D eigenvalue weighted by Gasteiger charge is -2.31. The van der Waals surface area contributed by atoms with Crippen LogP contribution < -0.4 is 4.74 Å². The van der Waals surface area contributed by atoms with E-state index in [9.17, 15) is 4.79 Å². The van der Waals surface area contributed by atoms with Crippen LogP contribution in [0.5, 0.6) is 5.75 Å². The molecule has 0 atom stereocenters. The van der Waals surface area contributed by atoms with Gasteiger partial charge in [-0.25, -0.2) is 0 Å². The van der Waals surface area contributed by atoms with Crippen molar-refractivity contribution in [2.45, 2.75) is 12.8 Å². The highest BCUT2D eigenvalue weighted by Gasteiger charge is 2.24. The lowest BCUT2D eigenvalue weighted by atomic mass is 9.97. The molecule has 1 aliphatic rings. The molecule has 1 amide bonds. The van der Waals surface area contributed by atoms with E-state index >= 15 is 0 Å². The molecule has 0 spiro atoms. The van der Waals surface area contributed by atoms with Gasteiger partial charge in [-0.2, -0.15) is 0 Å². The van der Waals surface area contributed by atoms with Crippen molar-refractivity contribution in [1.82, 2.24) is 4.90 Å². The van der Waals surface area contributed by atoms with E-state index in [-0.39, 0.29) is 12.5 Å². The van der Waals surface area contributed by atoms with Gasteiger partial charge < -0.3 is 14.7 Å². The summed E-state index contributed by atoms with van der Waals surface area (Å²) < 4.78 is 5.94. The number of aliphatic hydroxyl groups is 1. The molecule has 1 aromatic carbocycles. The SMILES string of the molecule is COc1ccc(Br)c(C(=O)N2CCC(CO)CC2)c1. The van der Waals surface area contributed by atoms with Crippen molar-refractivity contribution < 1.29 is 14.6 Å². The van der Waals surface area contributed by atoms with E-state index in [4.69, 9.17) is 9.84 Å². The Kier molecular flexibility index (Phi) is 4.82. The van der Waals surface area contributed by atoms with Crippen LogP contribution in [0.4, 0.5) is 0 Å². The van der Waals surface area contributed by atoms with Crippen LogP contribution in [0.3, 0.4) is 0 Å². The van der Waals surface area contributed by atoms with Gasteiger partial charge in [0.2, 0.25) is 0 Å². The van der Waals surface area contributed by atoms with Crippen LogP contribution >= 0.6 is 15.9 Å². The zero-order chi connectivity index (χ0) is 13.8. The third-order valence-electron chi connectivity index (χ3n) is 3.56. The summed E-state index contributed by atoms with van der Waals surface area (Å²) in [5, 5.41) is 9.12. The van der Waals surface area contributed by atoms with E-state index in [1.54, 1.807) is 13.2 Å². The van der Waals surface area contributed by atoms with Crippen LogP contribution in [0.2, 0.25) is 0 Å². The van der Waals surface area contributed by atoms with Crippen molar-refractivity contribution in [2.75, 3.05) is 26.8 Å². The first kappa shape index (κ1) is 14.3. The fourth-order valence-corrected chi connectivity index (χ4v) is 2.70. The molecule has 0 aliphatic carbocycles. The third-order valence-corrected chi connectivity index (χ3v) is 4.26. The molecule has 0 bridgehead atoms. The van der Waals surface area contributed by atoms with Gasteiger partial charge in [0.15, 0.2) is 0 Å². The average molecular weight is 328 g/mol. The summed E-state index contributed by atoms with van der Waals surface area (Å²) in [5.41, 5.74) is 0.627. The summed E-state index contributed by atoms with van der Waals surface area (Å²) in [6.07, 6.45) is 1.73. The van der Waals surface area contributed by atoms with Crippen molar-refractivity contribution in [1.29, 1.82) is 0 Å². The molecule has 1 heterocycles. The molecule has 1 aromatic rings. The maximum atomic E-state index is 12.5. The van der Waals surface area contributed by atoms with Crippen LogP contribution in [0.1, 0.15) is 23.2 Å². The Labute approximate surface area is 121 Å². The number of hydrogen-bond donors (Lipinski definition) is 1. The predicted molar refractivity (Wildman–Crippen MR) is 76.4 cm³/mol. The highest BCUT2D eigenvalue weighted by Crippen LogP contribution is 2.25. The molecule has 1 aliphatic heterocycles. The maximum Gasteiger partial charge on any atom is 0.255 e. The molecule has 0 saturated carbocycles. The molecule has 4 nitrogen and oxygen atoms in total. The van der Waals surface area contributed by atoms with E-state index in [0.717, 1.165) is 17.3 Å². The number of piperidine rings is 1. The zero-order valence-corrected chi connectivity index (χ0v) is 12.5. The standard InChI is InChI=1S/C14H18BrNO3/c1-19-11-2-3-13(15)12(8-11)14(18)16-6-4-10(9-17)5-7-16/h2-3,8,10,17H,4-7,9H2,1H3. The van der Waals surface area contributed by atoms with Crippen LogP contribution in [0, 0.1) is 5.92 Å². The number of halogens is 1. The molecule has 1 N–H and O–H groups in total. The van der Waals surface area contributed by atoms with Crippen molar-refractivity contribution in [3.8, 4) is 5.75 Å². The summed E-state index contributed by atoms with van der Waals surface area (Å²) in [4.78, 5) is 14.3. The number of ether oxygens (including phenoxy) is 1. The van der Waals surface area contributed by atoms with E-state index in [1.165, 1.54) is 0 Å². The summed E-state index contributed by atoms with van der Waals surface area (Å²) in [5.74, 6) is 1.02. The Bertz CT molecular complexity index is 456. The number of carbonyl (C=O) groups excluding carboxylic acids is 1. The molecule has 5 heteroatoms. The molecule has 0 radical (unpaired) electrons. The minimum Gasteiger partial charge on any atom is -0.497 e. The van der Waals surface area contributed by atoms with E-state index < -0.39 is 0 Å². The fraction of sp³-hybridized carbons (Fsp3) is 0.500. The van der Waals surface area contributed by atoms with Crippen LogP contribution in [0.25, 0.3) is 0 Å². The molecule has 0 aromatic heterocycles. The second-order valence-electron chi connectivity index (χ2n) is 4.76. The number of hydrogen-bond acceptors (Lipinski definition) is 3. The smallest absolute Gasteiger partial charge is 0.255 e. The minimum absolute atomic E-state index is 0.0159. The molecule has 104 valence electrons. The number of methoxy groups -OCH3 is 1. The van der Waals surface area contributed by atoms with Crippen molar-refractivity contribution >= 4 is 21.8 Å². The van der Waals surface area contributed by atoms with Crippen molar-refractivity contribution in [2.24, 2.45) is 5.92 Å². The van der Waals surface area contributed by atoms with E-state index in [0.29, 0.717) is 30.3 Å². The molecule has 0 unspecified atom stereocenters. The number of aliphatic hydroxyl groups excluding tert-OH is 1. The Hall–Kier alpha value is -1.07. The predicted octanol–water partition coefficient (Wildman–Crippen LogP) is 2.30. The molecular formula is C14H18BrNO3. The van der Waals surface area contributed by atoms with Gasteiger partial charge in [-0.15, -0.1) is 0 Å². The largest absolute Gasteiger partial charge is 0.497 e. The maximum absolute atomic E-state index is 12.5. The van der Waals surface area contributed by atoms with Gasteiger partial charge in [0.25, 0.3) is 5.91 Å². The third kappa shape index (κ3) is 3.28. The summed E-state index contributed by atoms with van der Waals surface area (Å²) >= 11 is 3.41. The van der Waals surface area contributed by atoms with Crippen molar-refractivity contribution in [3.05, 3.63) is 28.2 Å². The number of carbonyl (C=O) groups is 1. The summed E-state index contributed by atoms with van der Waals surface area (Å²) in [7, 11) is 1.59. The van der Waals surface area contributed by atoms with Gasteiger partial charge in [0, 0.05) is 24.2 Å². The number of nitrogens with zero attached hydrogens (tertiary/aromatic N) is 1. The average Bonchev–Trinajstić information content (AvgIpc) is 2.47. The quantitative estimate of drug-likeness (QED) is 0.926. The number of benzene rings is 1. The van der Waals surface area contributed by atoms with E-state index in [2.05, 4.69) is 15.9 Å². The van der Waals surface area contributed by atoms with Gasteiger partial charge in [-0.3, -0.25) is 4.79 Å². The summed E-state index contributed by atoms with van der Waals surface area (Å²) in [6.45, 7) is 1.62. The van der Waals surface area contributed by atoms with E-state index in [1.807, 2.05) is 17.0 Å². The monoisotopic (exact) mass is 327 g/mol. The normalized spacial score (nSPS) is 16.5. The first-order chi connectivity index (χ1) is 9.15. The summed E-state index contributed by atoms with van der Waals surface area (Å²) in [6, 6.07) is 5.40. The molecular weight excluding hydrogens is 310 g/mol. The topological polar surface area (TPSA) is 49.8 Å². The van der Waals surface area contributed by atoms with Gasteiger partial charge >= 0.3 is 0 Å². The molecule has 1 fully saturated rings. The number of amides is 1. The molecule has 1 saturated heterocycles. The minimum atomic E-state index is 0.0159. The number of rotatable bonds is 3. The van der Waals surface area contributed by atoms with Crippen molar-refractivity contribution in [3.63, 3.8) is 0 Å². The molecule has 2 rings (SSSR count). The fourth-order valence-electron chi connectivity index (χ4n) is 2.28. The second kappa shape index (κ2) is 6.39. The van der Waals surface area contributed by atoms with Crippen LogP contribution in [-0.2, 0) is 0 Å². The lowest BCUT2D eigenvalue weighted by Crippen LogP contribution is -2.39. The van der Waals surface area contributed by atoms with Gasteiger partial charge in [-0.1, -0.05) is 0 Å². The Balaban J connectivity index is 2.11. The Morgan fingerprint density at radius 1 is 1.47 bits per heavy atom. The zero-order valence-electron chi connectivity index (χ0n) is 10.9. The van der Waals surface area contributed by atoms with Crippen LogP contribution in [-0.4, -0.2) is 42.7 Å². The second-order valence-corrected chi connectivity index (χ2v) is 5.62. The number of likely N-dealkylation sites (tertiary alicyclic amines) is 1. The highest BCUT2D eigenvalue weighted by atomic mass is 79.9. The first-order valence-electron chi connectivity index (χ1n) is 6.39. The lowest BCUT2D eigenvalue weighted by molar-refractivity contribution is 0.0649. The molecule has 19 heavy (non-hydrogen) atoms. The van der Waals surface area contributed by atoms with Gasteiger partial charge in [0.1, 0.15) is 5.75 Å². The van der Waals surface area contributed by atoms with Gasteiger partial charge in [0.05, 0.1) is 12.7 Å². The Morgan fingerprint density at radius 2 is 2.16 bits per heavy atom. The Morgan fingerprint density at radius 3 is 2.74 bits per heavy atom. The van der Waals surface area contributed by atoms with Crippen LogP contribution in [0.15, 0.2) is 22.7 Å². The van der Waals surface area contributed by atoms with Gasteiger partial charge in [-0.05, 0) is 52.9 Å².